The third-order valence-corrected chi connectivity index (χ3v) is 3.43. The molecule has 0 fully saturated rings. The van der Waals surface area contributed by atoms with Gasteiger partial charge in [0.15, 0.2) is 17.5 Å². The Morgan fingerprint density at radius 1 is 0.963 bits per heavy atom. The van der Waals surface area contributed by atoms with E-state index in [1.54, 1.807) is 0 Å². The summed E-state index contributed by atoms with van der Waals surface area (Å²) in [6.45, 7) is 0.331. The standard InChI is InChI=1S/C18H18F3N3O3/c19-13-8-9-14(17(21)16(13)20)23-24-15(25)7-4-10-22-18(26)27-11-12-5-2-1-3-6-12/h1-3,5-6,8-9,23H,4,7,10-11H2,(H,22,26)(H,24,25). The number of carbonyl (C=O) groups is 2. The number of hydrazine groups is 1. The first kappa shape index (κ1) is 20.1. The monoisotopic (exact) mass is 381 g/mol. The number of anilines is 1. The number of benzene rings is 2. The molecule has 0 atom stereocenters. The summed E-state index contributed by atoms with van der Waals surface area (Å²) in [5, 5.41) is 2.49. The van der Waals surface area contributed by atoms with E-state index in [-0.39, 0.29) is 19.6 Å². The lowest BCUT2D eigenvalue weighted by molar-refractivity contribution is -0.120. The molecular weight excluding hydrogens is 363 g/mol. The van der Waals surface area contributed by atoms with Crippen LogP contribution in [0.5, 0.6) is 0 Å². The average molecular weight is 381 g/mol. The van der Waals surface area contributed by atoms with E-state index in [9.17, 15) is 22.8 Å². The van der Waals surface area contributed by atoms with Crippen molar-refractivity contribution in [2.24, 2.45) is 0 Å². The highest BCUT2D eigenvalue weighted by atomic mass is 19.2. The molecular formula is C18H18F3N3O3. The predicted molar refractivity (Wildman–Crippen MR) is 91.9 cm³/mol. The summed E-state index contributed by atoms with van der Waals surface area (Å²) < 4.78 is 44.3. The quantitative estimate of drug-likeness (QED) is 0.373. The minimum Gasteiger partial charge on any atom is -0.445 e. The Morgan fingerprint density at radius 3 is 2.44 bits per heavy atom. The summed E-state index contributed by atoms with van der Waals surface area (Å²) in [6.07, 6.45) is -0.299. The molecule has 3 N–H and O–H groups in total. The molecule has 6 nitrogen and oxygen atoms in total. The Balaban J connectivity index is 1.60. The molecule has 0 aliphatic rings. The van der Waals surface area contributed by atoms with Crippen LogP contribution in [-0.4, -0.2) is 18.5 Å². The molecule has 0 aliphatic carbocycles. The Morgan fingerprint density at radius 2 is 1.70 bits per heavy atom. The van der Waals surface area contributed by atoms with E-state index in [0.717, 1.165) is 17.7 Å². The third-order valence-electron chi connectivity index (χ3n) is 3.43. The van der Waals surface area contributed by atoms with Crippen molar-refractivity contribution in [3.8, 4) is 0 Å². The molecule has 9 heteroatoms. The molecule has 0 saturated heterocycles. The highest BCUT2D eigenvalue weighted by Gasteiger charge is 2.13. The van der Waals surface area contributed by atoms with Crippen LogP contribution in [0.1, 0.15) is 18.4 Å². The van der Waals surface area contributed by atoms with Crippen LogP contribution >= 0.6 is 0 Å². The molecule has 2 rings (SSSR count). The number of alkyl carbamates (subject to hydrolysis) is 1. The summed E-state index contributed by atoms with van der Waals surface area (Å²) in [4.78, 5) is 23.1. The van der Waals surface area contributed by atoms with Crippen molar-refractivity contribution in [3.63, 3.8) is 0 Å². The maximum absolute atomic E-state index is 13.4. The van der Waals surface area contributed by atoms with Crippen molar-refractivity contribution in [1.29, 1.82) is 0 Å². The molecule has 0 unspecified atom stereocenters. The molecule has 2 aromatic carbocycles. The maximum atomic E-state index is 13.4. The lowest BCUT2D eigenvalue weighted by Gasteiger charge is -2.10. The van der Waals surface area contributed by atoms with E-state index >= 15 is 0 Å². The van der Waals surface area contributed by atoms with Crippen LogP contribution in [0.2, 0.25) is 0 Å². The van der Waals surface area contributed by atoms with Gasteiger partial charge in [-0.2, -0.15) is 0 Å². The number of ether oxygens (including phenoxy) is 1. The number of carbonyl (C=O) groups excluding carboxylic acids is 2. The summed E-state index contributed by atoms with van der Waals surface area (Å²) in [6, 6.07) is 10.8. The van der Waals surface area contributed by atoms with Crippen molar-refractivity contribution in [2.75, 3.05) is 12.0 Å². The Labute approximate surface area is 153 Å². The van der Waals surface area contributed by atoms with E-state index in [0.29, 0.717) is 6.42 Å². The predicted octanol–water partition coefficient (Wildman–Crippen LogP) is 3.25. The van der Waals surface area contributed by atoms with Crippen molar-refractivity contribution in [3.05, 3.63) is 65.5 Å². The highest BCUT2D eigenvalue weighted by Crippen LogP contribution is 2.18. The van der Waals surface area contributed by atoms with Gasteiger partial charge in [0.1, 0.15) is 6.61 Å². The minimum atomic E-state index is -1.63. The van der Waals surface area contributed by atoms with E-state index in [4.69, 9.17) is 4.74 Å². The van der Waals surface area contributed by atoms with Crippen molar-refractivity contribution >= 4 is 17.7 Å². The maximum Gasteiger partial charge on any atom is 0.407 e. The Hall–Kier alpha value is -3.23. The zero-order chi connectivity index (χ0) is 19.6. The number of hydrogen-bond acceptors (Lipinski definition) is 4. The molecule has 0 saturated carbocycles. The first-order chi connectivity index (χ1) is 13.0. The van der Waals surface area contributed by atoms with Crippen molar-refractivity contribution in [1.82, 2.24) is 10.7 Å². The molecule has 0 aliphatic heterocycles. The smallest absolute Gasteiger partial charge is 0.407 e. The van der Waals surface area contributed by atoms with E-state index in [2.05, 4.69) is 16.2 Å². The molecule has 0 radical (unpaired) electrons. The molecule has 0 aromatic heterocycles. The van der Waals surface area contributed by atoms with Gasteiger partial charge in [0.2, 0.25) is 5.91 Å². The second kappa shape index (κ2) is 10.0. The first-order valence-electron chi connectivity index (χ1n) is 8.10. The average Bonchev–Trinajstić information content (AvgIpc) is 2.68. The van der Waals surface area contributed by atoms with Gasteiger partial charge in [0.25, 0.3) is 0 Å². The first-order valence-corrected chi connectivity index (χ1v) is 8.10. The third kappa shape index (κ3) is 6.53. The molecule has 2 aromatic rings. The summed E-state index contributed by atoms with van der Waals surface area (Å²) >= 11 is 0. The van der Waals surface area contributed by atoms with E-state index in [1.807, 2.05) is 30.3 Å². The summed E-state index contributed by atoms with van der Waals surface area (Å²) in [5.74, 6) is -4.90. The number of rotatable bonds is 8. The second-order valence-corrected chi connectivity index (χ2v) is 5.49. The van der Waals surface area contributed by atoms with Crippen LogP contribution in [0.3, 0.4) is 0 Å². The summed E-state index contributed by atoms with van der Waals surface area (Å²) in [7, 11) is 0. The van der Waals surface area contributed by atoms with Crippen LogP contribution in [-0.2, 0) is 16.1 Å². The number of amides is 2. The highest BCUT2D eigenvalue weighted by molar-refractivity contribution is 5.77. The normalized spacial score (nSPS) is 10.2. The minimum absolute atomic E-state index is 0.0112. The molecule has 27 heavy (non-hydrogen) atoms. The zero-order valence-corrected chi connectivity index (χ0v) is 14.2. The Kier molecular flexibility index (Phi) is 7.48. The fourth-order valence-electron chi connectivity index (χ4n) is 2.04. The second-order valence-electron chi connectivity index (χ2n) is 5.49. The summed E-state index contributed by atoms with van der Waals surface area (Å²) in [5.41, 5.74) is 4.79. The lowest BCUT2D eigenvalue weighted by atomic mass is 10.2. The molecule has 0 spiro atoms. The fraction of sp³-hybridized carbons (Fsp3) is 0.222. The number of halogens is 3. The number of nitrogens with one attached hydrogen (secondary N) is 3. The van der Waals surface area contributed by atoms with Gasteiger partial charge in [-0.05, 0) is 24.1 Å². The van der Waals surface area contributed by atoms with Gasteiger partial charge >= 0.3 is 6.09 Å². The SMILES string of the molecule is O=C(CCCNC(=O)OCc1ccccc1)NNc1ccc(F)c(F)c1F. The van der Waals surface area contributed by atoms with Gasteiger partial charge in [-0.25, -0.2) is 18.0 Å². The largest absolute Gasteiger partial charge is 0.445 e. The van der Waals surface area contributed by atoms with Gasteiger partial charge in [-0.15, -0.1) is 0 Å². The van der Waals surface area contributed by atoms with Crippen LogP contribution in [0, 0.1) is 17.5 Å². The lowest BCUT2D eigenvalue weighted by Crippen LogP contribution is -2.31. The van der Waals surface area contributed by atoms with Crippen LogP contribution in [0.15, 0.2) is 42.5 Å². The molecule has 2 amide bonds. The van der Waals surface area contributed by atoms with Crippen LogP contribution in [0.4, 0.5) is 23.7 Å². The molecule has 0 bridgehead atoms. The number of hydrogen-bond donors (Lipinski definition) is 3. The van der Waals surface area contributed by atoms with Gasteiger partial charge in [-0.3, -0.25) is 15.6 Å². The van der Waals surface area contributed by atoms with Crippen LogP contribution < -0.4 is 16.2 Å². The Bertz CT molecular complexity index is 788. The topological polar surface area (TPSA) is 79.5 Å². The van der Waals surface area contributed by atoms with E-state index in [1.165, 1.54) is 0 Å². The van der Waals surface area contributed by atoms with Crippen LogP contribution in [0.25, 0.3) is 0 Å². The van der Waals surface area contributed by atoms with E-state index < -0.39 is 35.1 Å². The fourth-order valence-corrected chi connectivity index (χ4v) is 2.04. The molecule has 144 valence electrons. The van der Waals surface area contributed by atoms with Gasteiger partial charge in [0.05, 0.1) is 5.69 Å². The molecule has 0 heterocycles. The van der Waals surface area contributed by atoms with Crippen molar-refractivity contribution < 1.29 is 27.5 Å². The van der Waals surface area contributed by atoms with Gasteiger partial charge in [0, 0.05) is 13.0 Å². The van der Waals surface area contributed by atoms with Gasteiger partial charge < -0.3 is 10.1 Å². The zero-order valence-electron chi connectivity index (χ0n) is 14.2. The van der Waals surface area contributed by atoms with Gasteiger partial charge in [-0.1, -0.05) is 30.3 Å². The van der Waals surface area contributed by atoms with Crippen molar-refractivity contribution in [2.45, 2.75) is 19.4 Å².